The van der Waals surface area contributed by atoms with Crippen LogP contribution in [0.4, 0.5) is 0 Å². The van der Waals surface area contributed by atoms with E-state index in [4.69, 9.17) is 0 Å². The molecule has 2 N–H and O–H groups in total. The Morgan fingerprint density at radius 1 is 1.44 bits per heavy atom. The topological polar surface area (TPSA) is 54.0 Å². The Balaban J connectivity index is 1.84. The van der Waals surface area contributed by atoms with Gasteiger partial charge in [0.2, 0.25) is 5.91 Å². The maximum atomic E-state index is 11.7. The summed E-state index contributed by atoms with van der Waals surface area (Å²) in [5.74, 6) is 0.0803. The van der Waals surface area contributed by atoms with Gasteiger partial charge in [-0.05, 0) is 24.6 Å². The van der Waals surface area contributed by atoms with Gasteiger partial charge in [-0.2, -0.15) is 0 Å². The van der Waals surface area contributed by atoms with Crippen LogP contribution in [0.15, 0.2) is 18.2 Å². The summed E-state index contributed by atoms with van der Waals surface area (Å²) in [6.07, 6.45) is 0.671. The van der Waals surface area contributed by atoms with Crippen molar-refractivity contribution in [2.45, 2.75) is 19.4 Å². The van der Waals surface area contributed by atoms with Gasteiger partial charge < -0.3 is 10.6 Å². The molecule has 1 amide bonds. The highest BCUT2D eigenvalue weighted by Gasteiger charge is 2.22. The molecule has 1 unspecified atom stereocenters. The van der Waals surface area contributed by atoms with Crippen LogP contribution in [-0.2, 0) is 11.2 Å². The summed E-state index contributed by atoms with van der Waals surface area (Å²) in [6, 6.07) is 6.14. The predicted octanol–water partition coefficient (Wildman–Crippen LogP) is 1.24. The number of carbonyl (C=O) groups excluding carboxylic acids is 1. The summed E-state index contributed by atoms with van der Waals surface area (Å²) in [7, 11) is 0. The van der Waals surface area contributed by atoms with Crippen LogP contribution in [0.25, 0.3) is 10.2 Å². The molecule has 4 nitrogen and oxygen atoms in total. The van der Waals surface area contributed by atoms with E-state index >= 15 is 0 Å². The molecule has 5 heteroatoms. The molecular weight excluding hydrogens is 246 g/mol. The number of hydrogen-bond acceptors (Lipinski definition) is 4. The van der Waals surface area contributed by atoms with Gasteiger partial charge in [-0.15, -0.1) is 11.3 Å². The molecule has 0 bridgehead atoms. The highest BCUT2D eigenvalue weighted by atomic mass is 32.1. The molecule has 1 aliphatic rings. The second-order valence-corrected chi connectivity index (χ2v) is 5.70. The fraction of sp³-hybridized carbons (Fsp3) is 0.385. The van der Waals surface area contributed by atoms with E-state index in [0.29, 0.717) is 13.0 Å². The Bertz CT molecular complexity index is 593. The molecule has 1 atom stereocenters. The first-order valence-corrected chi connectivity index (χ1v) is 6.91. The summed E-state index contributed by atoms with van der Waals surface area (Å²) in [5.41, 5.74) is 2.25. The van der Waals surface area contributed by atoms with E-state index in [9.17, 15) is 4.79 Å². The summed E-state index contributed by atoms with van der Waals surface area (Å²) in [4.78, 5) is 16.3. The molecule has 0 spiro atoms. The van der Waals surface area contributed by atoms with Crippen LogP contribution < -0.4 is 10.6 Å². The molecule has 0 aliphatic carbocycles. The summed E-state index contributed by atoms with van der Waals surface area (Å²) in [6.45, 7) is 3.61. The smallest absolute Gasteiger partial charge is 0.237 e. The molecule has 0 radical (unpaired) electrons. The Morgan fingerprint density at radius 3 is 3.17 bits per heavy atom. The van der Waals surface area contributed by atoms with Gasteiger partial charge in [0.05, 0.1) is 21.3 Å². The number of aryl methyl sites for hydroxylation is 1. The minimum absolute atomic E-state index is 0.0803. The predicted molar refractivity (Wildman–Crippen MR) is 72.9 cm³/mol. The lowest BCUT2D eigenvalue weighted by Crippen LogP contribution is -2.53. The summed E-state index contributed by atoms with van der Waals surface area (Å²) in [5, 5.41) is 7.12. The molecule has 2 aromatic rings. The molecule has 0 saturated carbocycles. The second-order valence-electron chi connectivity index (χ2n) is 4.58. The number of amides is 1. The van der Waals surface area contributed by atoms with E-state index < -0.39 is 0 Å². The van der Waals surface area contributed by atoms with Crippen LogP contribution in [-0.4, -0.2) is 30.0 Å². The molecule has 18 heavy (non-hydrogen) atoms. The first-order chi connectivity index (χ1) is 8.72. The van der Waals surface area contributed by atoms with Gasteiger partial charge >= 0.3 is 0 Å². The van der Waals surface area contributed by atoms with Crippen molar-refractivity contribution in [2.75, 3.05) is 13.1 Å². The fourth-order valence-electron chi connectivity index (χ4n) is 2.16. The highest BCUT2D eigenvalue weighted by Crippen LogP contribution is 2.24. The maximum Gasteiger partial charge on any atom is 0.237 e. The van der Waals surface area contributed by atoms with Crippen LogP contribution in [0.2, 0.25) is 0 Å². The van der Waals surface area contributed by atoms with E-state index in [-0.39, 0.29) is 11.9 Å². The normalized spacial score (nSPS) is 20.1. The van der Waals surface area contributed by atoms with Crippen molar-refractivity contribution in [3.63, 3.8) is 0 Å². The zero-order valence-electron chi connectivity index (χ0n) is 10.2. The average molecular weight is 261 g/mol. The Kier molecular flexibility index (Phi) is 3.01. The largest absolute Gasteiger partial charge is 0.353 e. The Morgan fingerprint density at radius 2 is 2.33 bits per heavy atom. The first-order valence-electron chi connectivity index (χ1n) is 6.09. The number of fused-ring (bicyclic) bond motifs is 1. The summed E-state index contributed by atoms with van der Waals surface area (Å²) >= 11 is 1.67. The standard InChI is InChI=1S/C13H15N3OS/c1-8-2-3-11-9(6-8)16-12(18-11)7-10-13(17)15-5-4-14-10/h2-3,6,10,14H,4-5,7H2,1H3,(H,15,17). The molecule has 2 heterocycles. The number of nitrogens with one attached hydrogen (secondary N) is 2. The van der Waals surface area contributed by atoms with Crippen molar-refractivity contribution in [3.05, 3.63) is 28.8 Å². The number of piperazine rings is 1. The third kappa shape index (κ3) is 2.23. The van der Waals surface area contributed by atoms with Crippen molar-refractivity contribution in [1.82, 2.24) is 15.6 Å². The molecule has 3 rings (SSSR count). The SMILES string of the molecule is Cc1ccc2sc(CC3NCCNC3=O)nc2c1. The van der Waals surface area contributed by atoms with E-state index in [0.717, 1.165) is 17.1 Å². The lowest BCUT2D eigenvalue weighted by Gasteiger charge is -2.22. The lowest BCUT2D eigenvalue weighted by atomic mass is 10.1. The molecule has 1 saturated heterocycles. The minimum Gasteiger partial charge on any atom is -0.353 e. The fourth-order valence-corrected chi connectivity index (χ4v) is 3.15. The average Bonchev–Trinajstić information content (AvgIpc) is 2.73. The van der Waals surface area contributed by atoms with Gasteiger partial charge in [0.25, 0.3) is 0 Å². The molecule has 1 fully saturated rings. The van der Waals surface area contributed by atoms with E-state index in [2.05, 4.69) is 40.7 Å². The van der Waals surface area contributed by atoms with E-state index in [1.54, 1.807) is 11.3 Å². The van der Waals surface area contributed by atoms with Gasteiger partial charge in [-0.1, -0.05) is 6.07 Å². The van der Waals surface area contributed by atoms with Gasteiger partial charge in [0.1, 0.15) is 0 Å². The number of benzene rings is 1. The third-order valence-electron chi connectivity index (χ3n) is 3.10. The lowest BCUT2D eigenvalue weighted by molar-refractivity contribution is -0.124. The number of carbonyl (C=O) groups is 1. The number of rotatable bonds is 2. The van der Waals surface area contributed by atoms with Gasteiger partial charge in [0, 0.05) is 19.5 Å². The maximum absolute atomic E-state index is 11.7. The van der Waals surface area contributed by atoms with Crippen LogP contribution in [0, 0.1) is 6.92 Å². The molecule has 94 valence electrons. The number of hydrogen-bond donors (Lipinski definition) is 2. The van der Waals surface area contributed by atoms with Crippen LogP contribution >= 0.6 is 11.3 Å². The van der Waals surface area contributed by atoms with Crippen LogP contribution in [0.3, 0.4) is 0 Å². The zero-order chi connectivity index (χ0) is 12.5. The highest BCUT2D eigenvalue weighted by molar-refractivity contribution is 7.18. The second kappa shape index (κ2) is 4.66. The first kappa shape index (κ1) is 11.6. The number of nitrogens with zero attached hydrogens (tertiary/aromatic N) is 1. The number of thiazole rings is 1. The molecule has 1 aromatic carbocycles. The Labute approximate surface area is 109 Å². The molecule has 1 aliphatic heterocycles. The van der Waals surface area contributed by atoms with E-state index in [1.165, 1.54) is 10.3 Å². The van der Waals surface area contributed by atoms with Crippen molar-refractivity contribution in [2.24, 2.45) is 0 Å². The Hall–Kier alpha value is -1.46. The van der Waals surface area contributed by atoms with Gasteiger partial charge in [-0.25, -0.2) is 4.98 Å². The van der Waals surface area contributed by atoms with Crippen molar-refractivity contribution < 1.29 is 4.79 Å². The molecular formula is C13H15N3OS. The van der Waals surface area contributed by atoms with Crippen LogP contribution in [0.5, 0.6) is 0 Å². The van der Waals surface area contributed by atoms with Crippen molar-refractivity contribution >= 4 is 27.5 Å². The molecule has 1 aromatic heterocycles. The summed E-state index contributed by atoms with van der Waals surface area (Å²) < 4.78 is 1.19. The van der Waals surface area contributed by atoms with Crippen molar-refractivity contribution in [1.29, 1.82) is 0 Å². The monoisotopic (exact) mass is 261 g/mol. The van der Waals surface area contributed by atoms with Gasteiger partial charge in [0.15, 0.2) is 0 Å². The number of aromatic nitrogens is 1. The zero-order valence-corrected chi connectivity index (χ0v) is 11.0. The van der Waals surface area contributed by atoms with Crippen molar-refractivity contribution in [3.8, 4) is 0 Å². The van der Waals surface area contributed by atoms with Gasteiger partial charge in [-0.3, -0.25) is 4.79 Å². The minimum atomic E-state index is -0.139. The van der Waals surface area contributed by atoms with Crippen LogP contribution in [0.1, 0.15) is 10.6 Å². The quantitative estimate of drug-likeness (QED) is 0.855. The third-order valence-corrected chi connectivity index (χ3v) is 4.16. The van der Waals surface area contributed by atoms with E-state index in [1.807, 2.05) is 0 Å².